The highest BCUT2D eigenvalue weighted by molar-refractivity contribution is 7.89. The van der Waals surface area contributed by atoms with E-state index in [0.29, 0.717) is 6.54 Å². The van der Waals surface area contributed by atoms with E-state index in [1.165, 1.54) is 23.4 Å². The Labute approximate surface area is 120 Å². The largest absolute Gasteiger partial charge is 0.396 e. The van der Waals surface area contributed by atoms with Gasteiger partial charge in [0.2, 0.25) is 10.0 Å². The fourth-order valence-corrected chi connectivity index (χ4v) is 3.92. The zero-order valence-electron chi connectivity index (χ0n) is 12.6. The van der Waals surface area contributed by atoms with Gasteiger partial charge in [-0.25, -0.2) is 12.8 Å². The quantitative estimate of drug-likeness (QED) is 0.851. The zero-order valence-corrected chi connectivity index (χ0v) is 13.5. The number of hydrogen-bond donors (Lipinski definition) is 1. The topological polar surface area (TPSA) is 63.4 Å². The van der Waals surface area contributed by atoms with Crippen LogP contribution in [0.15, 0.2) is 17.0 Å². The van der Waals surface area contributed by atoms with Gasteiger partial charge >= 0.3 is 0 Å². The first kappa shape index (κ1) is 16.9. The Morgan fingerprint density at radius 2 is 1.80 bits per heavy atom. The molecule has 0 aliphatic carbocycles. The Morgan fingerprint density at radius 3 is 2.20 bits per heavy atom. The molecule has 0 atom stereocenters. The molecule has 0 spiro atoms. The number of sulfonamides is 1. The van der Waals surface area contributed by atoms with Crippen LogP contribution in [-0.2, 0) is 10.0 Å². The van der Waals surface area contributed by atoms with Gasteiger partial charge in [-0.2, -0.15) is 4.31 Å². The van der Waals surface area contributed by atoms with Crippen molar-refractivity contribution in [1.82, 2.24) is 4.31 Å². The van der Waals surface area contributed by atoms with Crippen LogP contribution in [-0.4, -0.2) is 25.3 Å². The molecular weight excluding hydrogens is 279 g/mol. The van der Waals surface area contributed by atoms with Crippen molar-refractivity contribution in [2.24, 2.45) is 5.92 Å². The van der Waals surface area contributed by atoms with Gasteiger partial charge in [0.25, 0.3) is 0 Å². The number of nitrogens with zero attached hydrogens (tertiary/aromatic N) is 1. The van der Waals surface area contributed by atoms with Gasteiger partial charge in [-0.1, -0.05) is 13.8 Å². The molecule has 1 rings (SSSR count). The third-order valence-electron chi connectivity index (χ3n) is 2.98. The Bertz CT molecular complexity index is 560. The van der Waals surface area contributed by atoms with Crippen molar-refractivity contribution in [3.63, 3.8) is 0 Å². The van der Waals surface area contributed by atoms with Crippen molar-refractivity contribution in [3.05, 3.63) is 23.5 Å². The van der Waals surface area contributed by atoms with Crippen molar-refractivity contribution in [2.45, 2.75) is 45.6 Å². The molecule has 0 amide bonds. The van der Waals surface area contributed by atoms with Crippen LogP contribution in [0.5, 0.6) is 0 Å². The number of hydrogen-bond acceptors (Lipinski definition) is 3. The molecule has 1 aromatic rings. The average Bonchev–Trinajstić information content (AvgIpc) is 2.31. The highest BCUT2D eigenvalue weighted by Crippen LogP contribution is 2.25. The zero-order chi connectivity index (χ0) is 15.7. The third kappa shape index (κ3) is 3.49. The van der Waals surface area contributed by atoms with Gasteiger partial charge in [-0.15, -0.1) is 0 Å². The minimum Gasteiger partial charge on any atom is -0.396 e. The lowest BCUT2D eigenvalue weighted by Crippen LogP contribution is -2.39. The fourth-order valence-electron chi connectivity index (χ4n) is 1.99. The summed E-state index contributed by atoms with van der Waals surface area (Å²) in [4.78, 5) is 0.0447. The standard InChI is InChI=1S/C14H23FN2O2S/c1-9(2)8-17(10(3)4)20(18,19)12-6-11(5)14(15)13(16)7-12/h6-7,9-10H,8,16H2,1-5H3. The highest BCUT2D eigenvalue weighted by Gasteiger charge is 2.28. The Morgan fingerprint density at radius 1 is 1.25 bits per heavy atom. The lowest BCUT2D eigenvalue weighted by molar-refractivity contribution is 0.319. The van der Waals surface area contributed by atoms with Crippen LogP contribution in [0.1, 0.15) is 33.3 Å². The molecule has 4 nitrogen and oxygen atoms in total. The molecule has 0 saturated carbocycles. The summed E-state index contributed by atoms with van der Waals surface area (Å²) >= 11 is 0. The molecule has 0 fully saturated rings. The Balaban J connectivity index is 3.33. The van der Waals surface area contributed by atoms with Gasteiger partial charge in [0.15, 0.2) is 0 Å². The third-order valence-corrected chi connectivity index (χ3v) is 5.00. The molecule has 20 heavy (non-hydrogen) atoms. The summed E-state index contributed by atoms with van der Waals surface area (Å²) in [6, 6.07) is 2.35. The van der Waals surface area contributed by atoms with E-state index in [4.69, 9.17) is 5.73 Å². The van der Waals surface area contributed by atoms with Crippen molar-refractivity contribution in [1.29, 1.82) is 0 Å². The summed E-state index contributed by atoms with van der Waals surface area (Å²) in [7, 11) is -3.67. The number of aryl methyl sites for hydroxylation is 1. The predicted molar refractivity (Wildman–Crippen MR) is 79.4 cm³/mol. The van der Waals surface area contributed by atoms with Crippen LogP contribution in [0.25, 0.3) is 0 Å². The number of benzene rings is 1. The Kier molecular flexibility index (Phi) is 5.15. The smallest absolute Gasteiger partial charge is 0.243 e. The molecule has 0 bridgehead atoms. The van der Waals surface area contributed by atoms with Crippen LogP contribution < -0.4 is 5.73 Å². The number of anilines is 1. The van der Waals surface area contributed by atoms with E-state index in [1.807, 2.05) is 27.7 Å². The molecule has 0 aromatic heterocycles. The van der Waals surface area contributed by atoms with Gasteiger partial charge in [0, 0.05) is 12.6 Å². The minimum absolute atomic E-state index is 0.0447. The summed E-state index contributed by atoms with van der Waals surface area (Å²) in [5, 5.41) is 0. The van der Waals surface area contributed by atoms with Crippen LogP contribution in [0.3, 0.4) is 0 Å². The molecule has 6 heteroatoms. The van der Waals surface area contributed by atoms with E-state index in [1.54, 1.807) is 0 Å². The molecule has 114 valence electrons. The maximum Gasteiger partial charge on any atom is 0.243 e. The molecule has 2 N–H and O–H groups in total. The lowest BCUT2D eigenvalue weighted by Gasteiger charge is -2.27. The minimum atomic E-state index is -3.67. The highest BCUT2D eigenvalue weighted by atomic mass is 32.2. The second-order valence-corrected chi connectivity index (χ2v) is 7.60. The van der Waals surface area contributed by atoms with Crippen molar-refractivity contribution in [3.8, 4) is 0 Å². The number of halogens is 1. The molecule has 0 aliphatic heterocycles. The predicted octanol–water partition coefficient (Wildman–Crippen LogP) is 2.77. The van der Waals surface area contributed by atoms with E-state index in [-0.39, 0.29) is 28.1 Å². The van der Waals surface area contributed by atoms with E-state index in [0.717, 1.165) is 0 Å². The van der Waals surface area contributed by atoms with E-state index in [9.17, 15) is 12.8 Å². The van der Waals surface area contributed by atoms with Crippen LogP contribution in [0.2, 0.25) is 0 Å². The van der Waals surface area contributed by atoms with Crippen LogP contribution in [0.4, 0.5) is 10.1 Å². The van der Waals surface area contributed by atoms with Gasteiger partial charge in [-0.05, 0) is 44.4 Å². The van der Waals surface area contributed by atoms with Crippen molar-refractivity contribution >= 4 is 15.7 Å². The first-order valence-electron chi connectivity index (χ1n) is 6.64. The first-order valence-corrected chi connectivity index (χ1v) is 8.08. The summed E-state index contributed by atoms with van der Waals surface area (Å²) in [6.07, 6.45) is 0. The fraction of sp³-hybridized carbons (Fsp3) is 0.571. The molecular formula is C14H23FN2O2S. The molecule has 0 unspecified atom stereocenters. The number of nitrogen functional groups attached to an aromatic ring is 1. The average molecular weight is 302 g/mol. The normalized spacial score (nSPS) is 12.7. The van der Waals surface area contributed by atoms with Gasteiger partial charge in [0.1, 0.15) is 5.82 Å². The monoisotopic (exact) mass is 302 g/mol. The second-order valence-electron chi connectivity index (χ2n) is 5.71. The van der Waals surface area contributed by atoms with Crippen molar-refractivity contribution < 1.29 is 12.8 Å². The molecule has 0 heterocycles. The maximum atomic E-state index is 13.5. The molecule has 0 radical (unpaired) electrons. The number of nitrogens with two attached hydrogens (primary N) is 1. The van der Waals surface area contributed by atoms with E-state index >= 15 is 0 Å². The lowest BCUT2D eigenvalue weighted by atomic mass is 10.2. The molecule has 0 saturated heterocycles. The Hall–Kier alpha value is -1.14. The van der Waals surface area contributed by atoms with Crippen LogP contribution >= 0.6 is 0 Å². The van der Waals surface area contributed by atoms with Gasteiger partial charge in [-0.3, -0.25) is 0 Å². The summed E-state index contributed by atoms with van der Waals surface area (Å²) in [5.74, 6) is -0.366. The van der Waals surface area contributed by atoms with Crippen molar-refractivity contribution in [2.75, 3.05) is 12.3 Å². The second kappa shape index (κ2) is 6.10. The number of rotatable bonds is 5. The SMILES string of the molecule is Cc1cc(S(=O)(=O)N(CC(C)C)C(C)C)cc(N)c1F. The summed E-state index contributed by atoms with van der Waals surface area (Å²) in [5.41, 5.74) is 5.63. The van der Waals surface area contributed by atoms with Crippen LogP contribution in [0, 0.1) is 18.7 Å². The van der Waals surface area contributed by atoms with E-state index in [2.05, 4.69) is 0 Å². The first-order chi connectivity index (χ1) is 9.07. The summed E-state index contributed by atoms with van der Waals surface area (Å²) < 4.78 is 40.3. The summed E-state index contributed by atoms with van der Waals surface area (Å²) in [6.45, 7) is 9.47. The van der Waals surface area contributed by atoms with Gasteiger partial charge in [0.05, 0.1) is 10.6 Å². The maximum absolute atomic E-state index is 13.5. The van der Waals surface area contributed by atoms with E-state index < -0.39 is 15.8 Å². The molecule has 0 aliphatic rings. The van der Waals surface area contributed by atoms with Gasteiger partial charge < -0.3 is 5.73 Å². The molecule has 1 aromatic carbocycles.